The number of para-hydroxylation sites is 1. The van der Waals surface area contributed by atoms with E-state index in [-0.39, 0.29) is 24.9 Å². The Balaban J connectivity index is 1.78. The van der Waals surface area contributed by atoms with Crippen molar-refractivity contribution in [3.05, 3.63) is 86.4 Å². The van der Waals surface area contributed by atoms with Gasteiger partial charge in [0.25, 0.3) is 11.5 Å². The normalized spacial score (nSPS) is 15.4. The van der Waals surface area contributed by atoms with Crippen molar-refractivity contribution in [3.63, 3.8) is 0 Å². The van der Waals surface area contributed by atoms with E-state index >= 15 is 0 Å². The summed E-state index contributed by atoms with van der Waals surface area (Å²) in [6.07, 6.45) is 1.54. The van der Waals surface area contributed by atoms with Crippen molar-refractivity contribution in [1.29, 1.82) is 0 Å². The Labute approximate surface area is 188 Å². The molecule has 172 valence electrons. The first kappa shape index (κ1) is 22.4. The van der Waals surface area contributed by atoms with Crippen LogP contribution in [0.4, 0.5) is 4.39 Å². The van der Waals surface area contributed by atoms with E-state index in [4.69, 9.17) is 9.47 Å². The largest absolute Gasteiger partial charge is 0.497 e. The van der Waals surface area contributed by atoms with Gasteiger partial charge in [-0.05, 0) is 42.7 Å². The van der Waals surface area contributed by atoms with Gasteiger partial charge in [-0.2, -0.15) is 9.78 Å². The predicted molar refractivity (Wildman–Crippen MR) is 117 cm³/mol. The quantitative estimate of drug-likeness (QED) is 0.580. The van der Waals surface area contributed by atoms with Gasteiger partial charge in [-0.25, -0.2) is 9.18 Å². The molecule has 1 aromatic heterocycles. The molecule has 10 heteroatoms. The molecule has 1 aliphatic heterocycles. The second-order valence-corrected chi connectivity index (χ2v) is 7.58. The first-order chi connectivity index (χ1) is 16.0. The summed E-state index contributed by atoms with van der Waals surface area (Å²) >= 11 is 0. The van der Waals surface area contributed by atoms with Gasteiger partial charge >= 0.3 is 5.69 Å². The molecule has 4 rings (SSSR count). The zero-order chi connectivity index (χ0) is 23.4. The van der Waals surface area contributed by atoms with Crippen molar-refractivity contribution in [1.82, 2.24) is 19.7 Å². The molecule has 0 aliphatic carbocycles. The van der Waals surface area contributed by atoms with Crippen LogP contribution in [0, 0.1) is 5.82 Å². The summed E-state index contributed by atoms with van der Waals surface area (Å²) < 4.78 is 26.8. The molecular weight excluding hydrogens is 431 g/mol. The molecule has 0 unspecified atom stereocenters. The van der Waals surface area contributed by atoms with E-state index in [0.29, 0.717) is 17.9 Å². The van der Waals surface area contributed by atoms with Crippen LogP contribution in [0.2, 0.25) is 0 Å². The Morgan fingerprint density at radius 1 is 1.24 bits per heavy atom. The summed E-state index contributed by atoms with van der Waals surface area (Å²) in [5.41, 5.74) is -1.84. The van der Waals surface area contributed by atoms with Gasteiger partial charge in [0.05, 0.1) is 19.8 Å². The minimum Gasteiger partial charge on any atom is -0.497 e. The lowest BCUT2D eigenvalue weighted by Crippen LogP contribution is -2.46. The number of rotatable bonds is 7. The third-order valence-corrected chi connectivity index (χ3v) is 5.34. The minimum absolute atomic E-state index is 0.148. The lowest BCUT2D eigenvalue weighted by molar-refractivity contribution is 0.0849. The van der Waals surface area contributed by atoms with Crippen molar-refractivity contribution >= 4 is 5.91 Å². The van der Waals surface area contributed by atoms with Gasteiger partial charge < -0.3 is 14.8 Å². The smallest absolute Gasteiger partial charge is 0.352 e. The van der Waals surface area contributed by atoms with E-state index in [1.54, 1.807) is 24.3 Å². The molecule has 0 radical (unpaired) electrons. The molecule has 1 N–H and O–H groups in total. The van der Waals surface area contributed by atoms with Crippen molar-refractivity contribution in [2.24, 2.45) is 0 Å². The van der Waals surface area contributed by atoms with E-state index in [1.165, 1.54) is 25.3 Å². The molecule has 2 heterocycles. The number of aromatic nitrogens is 3. The van der Waals surface area contributed by atoms with Crippen LogP contribution in [0.3, 0.4) is 0 Å². The number of ether oxygens (including phenoxy) is 2. The number of halogens is 1. The summed E-state index contributed by atoms with van der Waals surface area (Å²) in [4.78, 5) is 39.1. The zero-order valence-corrected chi connectivity index (χ0v) is 18.0. The number of amides is 1. The highest BCUT2D eigenvalue weighted by molar-refractivity contribution is 5.91. The SMILES string of the molecule is COc1cccc(Cn2c(=O)c(C(=O)NC[C@@H]3CCCO3)nn(-c3ccccc3F)c2=O)c1. The van der Waals surface area contributed by atoms with Crippen molar-refractivity contribution in [3.8, 4) is 11.4 Å². The van der Waals surface area contributed by atoms with Crippen LogP contribution in [0.25, 0.3) is 5.69 Å². The lowest BCUT2D eigenvalue weighted by atomic mass is 10.2. The van der Waals surface area contributed by atoms with Crippen LogP contribution >= 0.6 is 0 Å². The fourth-order valence-corrected chi connectivity index (χ4v) is 3.63. The van der Waals surface area contributed by atoms with E-state index in [0.717, 1.165) is 28.2 Å². The highest BCUT2D eigenvalue weighted by Gasteiger charge is 2.23. The van der Waals surface area contributed by atoms with Gasteiger partial charge in [0.15, 0.2) is 0 Å². The summed E-state index contributed by atoms with van der Waals surface area (Å²) in [6, 6.07) is 12.3. The van der Waals surface area contributed by atoms with E-state index in [2.05, 4.69) is 10.4 Å². The maximum atomic E-state index is 14.5. The molecule has 3 aromatic rings. The molecule has 0 bridgehead atoms. The van der Waals surface area contributed by atoms with Crippen molar-refractivity contribution < 1.29 is 18.7 Å². The van der Waals surface area contributed by atoms with Gasteiger partial charge in [-0.3, -0.25) is 14.2 Å². The van der Waals surface area contributed by atoms with Crippen LogP contribution in [0.5, 0.6) is 5.75 Å². The molecule has 1 saturated heterocycles. The topological polar surface area (TPSA) is 104 Å². The maximum Gasteiger partial charge on any atom is 0.352 e. The molecule has 33 heavy (non-hydrogen) atoms. The van der Waals surface area contributed by atoms with Crippen molar-refractivity contribution in [2.75, 3.05) is 20.3 Å². The zero-order valence-electron chi connectivity index (χ0n) is 18.0. The van der Waals surface area contributed by atoms with Crippen molar-refractivity contribution in [2.45, 2.75) is 25.5 Å². The number of benzene rings is 2. The van der Waals surface area contributed by atoms with Gasteiger partial charge in [-0.1, -0.05) is 24.3 Å². The number of carbonyl (C=O) groups excluding carboxylic acids is 1. The standard InChI is InChI=1S/C23H23FN4O5/c1-32-16-7-4-6-15(12-16)14-27-22(30)20(21(29)25-13-17-8-5-11-33-17)26-28(23(27)31)19-10-3-2-9-18(19)24/h2-4,6-7,9-10,12,17H,5,8,11,13-14H2,1H3,(H,25,29)/t17-/m0/s1. The molecule has 1 aliphatic rings. The predicted octanol–water partition coefficient (Wildman–Crippen LogP) is 1.50. The van der Waals surface area contributed by atoms with Gasteiger partial charge in [-0.15, -0.1) is 0 Å². The first-order valence-corrected chi connectivity index (χ1v) is 10.5. The highest BCUT2D eigenvalue weighted by Crippen LogP contribution is 2.14. The Morgan fingerprint density at radius 2 is 2.06 bits per heavy atom. The first-order valence-electron chi connectivity index (χ1n) is 10.5. The molecule has 9 nitrogen and oxygen atoms in total. The summed E-state index contributed by atoms with van der Waals surface area (Å²) in [5.74, 6) is -0.942. The fourth-order valence-electron chi connectivity index (χ4n) is 3.63. The summed E-state index contributed by atoms with van der Waals surface area (Å²) in [6.45, 7) is 0.664. The molecule has 1 amide bonds. The number of methoxy groups -OCH3 is 1. The highest BCUT2D eigenvalue weighted by atomic mass is 19.1. The Bertz CT molecular complexity index is 1280. The van der Waals surface area contributed by atoms with Gasteiger partial charge in [0, 0.05) is 13.2 Å². The lowest BCUT2D eigenvalue weighted by Gasteiger charge is -2.14. The van der Waals surface area contributed by atoms with Crippen LogP contribution < -0.4 is 21.3 Å². The summed E-state index contributed by atoms with van der Waals surface area (Å²) in [7, 11) is 1.50. The second-order valence-electron chi connectivity index (χ2n) is 7.58. The molecule has 0 saturated carbocycles. The number of hydrogen-bond donors (Lipinski definition) is 1. The maximum absolute atomic E-state index is 14.5. The van der Waals surface area contributed by atoms with Crippen LogP contribution in [0.1, 0.15) is 28.9 Å². The monoisotopic (exact) mass is 454 g/mol. The summed E-state index contributed by atoms with van der Waals surface area (Å²) in [5, 5.41) is 6.57. The Morgan fingerprint density at radius 3 is 2.79 bits per heavy atom. The second kappa shape index (κ2) is 9.78. The average Bonchev–Trinajstić information content (AvgIpc) is 3.35. The third kappa shape index (κ3) is 4.85. The Hall–Kier alpha value is -3.79. The van der Waals surface area contributed by atoms with Crippen LogP contribution in [-0.2, 0) is 11.3 Å². The molecular formula is C23H23FN4O5. The number of nitrogens with zero attached hydrogens (tertiary/aromatic N) is 3. The molecule has 2 aromatic carbocycles. The average molecular weight is 454 g/mol. The van der Waals surface area contributed by atoms with Gasteiger partial charge in [0.1, 0.15) is 17.3 Å². The fraction of sp³-hybridized carbons (Fsp3) is 0.304. The van der Waals surface area contributed by atoms with Crippen LogP contribution in [-0.4, -0.2) is 46.6 Å². The number of carbonyl (C=O) groups is 1. The third-order valence-electron chi connectivity index (χ3n) is 5.34. The van der Waals surface area contributed by atoms with E-state index in [1.807, 2.05) is 0 Å². The molecule has 1 fully saturated rings. The Kier molecular flexibility index (Phi) is 6.64. The molecule has 1 atom stereocenters. The minimum atomic E-state index is -0.875. The van der Waals surface area contributed by atoms with E-state index in [9.17, 15) is 18.8 Å². The van der Waals surface area contributed by atoms with E-state index < -0.39 is 28.7 Å². The molecule has 0 spiro atoms. The number of nitrogens with one attached hydrogen (secondary N) is 1. The number of hydrogen-bond acceptors (Lipinski definition) is 6. The van der Waals surface area contributed by atoms with Crippen LogP contribution in [0.15, 0.2) is 58.1 Å². The van der Waals surface area contributed by atoms with Gasteiger partial charge in [0.2, 0.25) is 5.69 Å².